The standard InChI is InChI=1S/C27H38N2O6S/c1-19-10-14-22(15-11-19)36(31,32)33-18-23-28-25(35-29-23)27(17-24(30)34-26(2,3)4)16-21(27)13-12-20-8-6-5-7-9-20/h10-11,14-15,20-21H,5-9,12-13,16-18H2,1-4H3. The predicted molar refractivity (Wildman–Crippen MR) is 134 cm³/mol. The first-order chi connectivity index (χ1) is 17.0. The van der Waals surface area contributed by atoms with E-state index in [1.54, 1.807) is 12.1 Å². The summed E-state index contributed by atoms with van der Waals surface area (Å²) in [6.07, 6.45) is 9.59. The number of nitrogens with zero attached hydrogens (tertiary/aromatic N) is 2. The molecule has 0 spiro atoms. The van der Waals surface area contributed by atoms with Crippen LogP contribution in [0.1, 0.15) is 95.8 Å². The van der Waals surface area contributed by atoms with Crippen LogP contribution in [0.25, 0.3) is 0 Å². The molecule has 0 aliphatic heterocycles. The van der Waals surface area contributed by atoms with E-state index in [4.69, 9.17) is 13.4 Å². The predicted octanol–water partition coefficient (Wildman–Crippen LogP) is 5.63. The fourth-order valence-corrected chi connectivity index (χ4v) is 6.15. The van der Waals surface area contributed by atoms with E-state index in [1.807, 2.05) is 27.7 Å². The van der Waals surface area contributed by atoms with Crippen LogP contribution >= 0.6 is 0 Å². The van der Waals surface area contributed by atoms with Crippen LogP contribution in [-0.2, 0) is 35.9 Å². The topological polar surface area (TPSA) is 109 Å². The summed E-state index contributed by atoms with van der Waals surface area (Å²) in [5.41, 5.74) is -0.185. The van der Waals surface area contributed by atoms with Crippen molar-refractivity contribution in [1.82, 2.24) is 10.1 Å². The van der Waals surface area contributed by atoms with Gasteiger partial charge in [0.25, 0.3) is 10.1 Å². The second-order valence-electron chi connectivity index (χ2n) is 11.4. The first-order valence-corrected chi connectivity index (χ1v) is 14.4. The number of benzene rings is 1. The fourth-order valence-electron chi connectivity index (χ4n) is 5.28. The number of carbonyl (C=O) groups excluding carboxylic acids is 1. The largest absolute Gasteiger partial charge is 0.460 e. The van der Waals surface area contributed by atoms with Gasteiger partial charge in [-0.25, -0.2) is 0 Å². The molecule has 0 bridgehead atoms. The van der Waals surface area contributed by atoms with Gasteiger partial charge in [0.15, 0.2) is 5.82 Å². The zero-order valence-electron chi connectivity index (χ0n) is 21.8. The Kier molecular flexibility index (Phi) is 7.90. The molecule has 198 valence electrons. The number of esters is 1. The lowest BCUT2D eigenvalue weighted by atomic mass is 9.84. The minimum Gasteiger partial charge on any atom is -0.460 e. The van der Waals surface area contributed by atoms with E-state index < -0.39 is 21.1 Å². The molecule has 4 rings (SSSR count). The third-order valence-corrected chi connectivity index (χ3v) is 8.58. The van der Waals surface area contributed by atoms with E-state index in [0.717, 1.165) is 30.7 Å². The molecule has 36 heavy (non-hydrogen) atoms. The number of ether oxygens (including phenoxy) is 1. The highest BCUT2D eigenvalue weighted by Crippen LogP contribution is 2.59. The van der Waals surface area contributed by atoms with Gasteiger partial charge in [-0.3, -0.25) is 8.98 Å². The molecule has 1 aromatic carbocycles. The van der Waals surface area contributed by atoms with Crippen LogP contribution in [0.3, 0.4) is 0 Å². The summed E-state index contributed by atoms with van der Waals surface area (Å²) in [6, 6.07) is 6.43. The van der Waals surface area contributed by atoms with E-state index in [0.29, 0.717) is 5.89 Å². The average Bonchev–Trinajstić information content (AvgIpc) is 3.27. The fraction of sp³-hybridized carbons (Fsp3) is 0.667. The Bertz CT molecular complexity index is 1150. The van der Waals surface area contributed by atoms with Gasteiger partial charge < -0.3 is 9.26 Å². The molecular weight excluding hydrogens is 480 g/mol. The highest BCUT2D eigenvalue weighted by Gasteiger charge is 2.60. The quantitative estimate of drug-likeness (QED) is 0.294. The normalized spacial score (nSPS) is 22.9. The van der Waals surface area contributed by atoms with Gasteiger partial charge in [0.05, 0.1) is 16.7 Å². The highest BCUT2D eigenvalue weighted by atomic mass is 32.2. The summed E-state index contributed by atoms with van der Waals surface area (Å²) in [4.78, 5) is 17.3. The van der Waals surface area contributed by atoms with Gasteiger partial charge in [0.2, 0.25) is 5.89 Å². The minimum absolute atomic E-state index is 0.0724. The lowest BCUT2D eigenvalue weighted by Gasteiger charge is -2.23. The molecule has 0 amide bonds. The molecule has 2 unspecified atom stereocenters. The Balaban J connectivity index is 1.44. The van der Waals surface area contributed by atoms with Crippen molar-refractivity contribution in [3.05, 3.63) is 41.5 Å². The van der Waals surface area contributed by atoms with Crippen LogP contribution in [-0.4, -0.2) is 30.1 Å². The van der Waals surface area contributed by atoms with Gasteiger partial charge in [0.1, 0.15) is 12.2 Å². The summed E-state index contributed by atoms with van der Waals surface area (Å²) in [7, 11) is -3.95. The number of aryl methyl sites for hydroxylation is 1. The van der Waals surface area contributed by atoms with Crippen molar-refractivity contribution in [1.29, 1.82) is 0 Å². The van der Waals surface area contributed by atoms with Crippen LogP contribution < -0.4 is 0 Å². The summed E-state index contributed by atoms with van der Waals surface area (Å²) < 4.78 is 41.4. The molecule has 0 N–H and O–H groups in total. The molecular formula is C27H38N2O6S. The van der Waals surface area contributed by atoms with Crippen LogP contribution in [0, 0.1) is 18.8 Å². The van der Waals surface area contributed by atoms with Gasteiger partial charge in [0, 0.05) is 0 Å². The van der Waals surface area contributed by atoms with Crippen molar-refractivity contribution in [3.8, 4) is 0 Å². The van der Waals surface area contributed by atoms with Crippen LogP contribution in [0.2, 0.25) is 0 Å². The molecule has 1 aromatic heterocycles. The maximum Gasteiger partial charge on any atom is 0.307 e. The van der Waals surface area contributed by atoms with Gasteiger partial charge in [-0.2, -0.15) is 13.4 Å². The zero-order chi connectivity index (χ0) is 26.0. The smallest absolute Gasteiger partial charge is 0.307 e. The molecule has 8 nitrogen and oxygen atoms in total. The van der Waals surface area contributed by atoms with Crippen molar-refractivity contribution in [2.45, 2.75) is 108 Å². The van der Waals surface area contributed by atoms with E-state index >= 15 is 0 Å². The molecule has 2 fully saturated rings. The first-order valence-electron chi connectivity index (χ1n) is 13.0. The highest BCUT2D eigenvalue weighted by molar-refractivity contribution is 7.86. The van der Waals surface area contributed by atoms with Crippen molar-refractivity contribution in [2.75, 3.05) is 0 Å². The van der Waals surface area contributed by atoms with E-state index in [2.05, 4.69) is 10.1 Å². The monoisotopic (exact) mass is 518 g/mol. The zero-order valence-corrected chi connectivity index (χ0v) is 22.6. The second kappa shape index (κ2) is 10.6. The minimum atomic E-state index is -3.95. The molecule has 2 saturated carbocycles. The summed E-state index contributed by atoms with van der Waals surface area (Å²) in [5.74, 6) is 1.23. The summed E-state index contributed by atoms with van der Waals surface area (Å²) in [5, 5.41) is 3.97. The lowest BCUT2D eigenvalue weighted by molar-refractivity contribution is -0.155. The number of rotatable bonds is 10. The van der Waals surface area contributed by atoms with Crippen molar-refractivity contribution in [2.24, 2.45) is 11.8 Å². The van der Waals surface area contributed by atoms with Gasteiger partial charge in [-0.1, -0.05) is 61.4 Å². The van der Waals surface area contributed by atoms with E-state index in [9.17, 15) is 13.2 Å². The first kappa shape index (κ1) is 26.8. The van der Waals surface area contributed by atoms with Crippen LogP contribution in [0.15, 0.2) is 33.7 Å². The maximum absolute atomic E-state index is 12.8. The number of hydrogen-bond acceptors (Lipinski definition) is 8. The van der Waals surface area contributed by atoms with Crippen molar-refractivity contribution >= 4 is 16.1 Å². The van der Waals surface area contributed by atoms with Crippen molar-refractivity contribution < 1.29 is 26.7 Å². The molecule has 9 heteroatoms. The Labute approximate surface area is 214 Å². The van der Waals surface area contributed by atoms with Gasteiger partial charge >= 0.3 is 5.97 Å². The molecule has 0 saturated heterocycles. The van der Waals surface area contributed by atoms with E-state index in [-0.39, 0.29) is 35.6 Å². The molecule has 2 aromatic rings. The molecule has 0 radical (unpaired) electrons. The Morgan fingerprint density at radius 3 is 2.47 bits per heavy atom. The van der Waals surface area contributed by atoms with Gasteiger partial charge in [-0.05, 0) is 64.5 Å². The Morgan fingerprint density at radius 1 is 1.11 bits per heavy atom. The molecule has 2 atom stereocenters. The molecule has 2 aliphatic carbocycles. The third-order valence-electron chi connectivity index (χ3n) is 7.31. The van der Waals surface area contributed by atoms with Crippen LogP contribution in [0.4, 0.5) is 0 Å². The third kappa shape index (κ3) is 6.73. The molecule has 1 heterocycles. The summed E-state index contributed by atoms with van der Waals surface area (Å²) >= 11 is 0. The molecule has 2 aliphatic rings. The van der Waals surface area contributed by atoms with E-state index in [1.165, 1.54) is 44.2 Å². The Morgan fingerprint density at radius 2 is 1.81 bits per heavy atom. The Hall–Kier alpha value is -2.26. The SMILES string of the molecule is Cc1ccc(S(=O)(=O)OCc2noc(C3(CC(=O)OC(C)(C)C)CC3CCC3CCCCC3)n2)cc1. The maximum atomic E-state index is 12.8. The lowest BCUT2D eigenvalue weighted by Crippen LogP contribution is -2.27. The van der Waals surface area contributed by atoms with Crippen molar-refractivity contribution in [3.63, 3.8) is 0 Å². The van der Waals surface area contributed by atoms with Crippen LogP contribution in [0.5, 0.6) is 0 Å². The number of aromatic nitrogens is 2. The summed E-state index contributed by atoms with van der Waals surface area (Å²) in [6.45, 7) is 7.09. The number of carbonyl (C=O) groups is 1. The second-order valence-corrected chi connectivity index (χ2v) is 13.1. The number of hydrogen-bond donors (Lipinski definition) is 0. The average molecular weight is 519 g/mol. The van der Waals surface area contributed by atoms with Gasteiger partial charge in [-0.15, -0.1) is 0 Å².